The predicted molar refractivity (Wildman–Crippen MR) is 107 cm³/mol. The lowest BCUT2D eigenvalue weighted by Crippen LogP contribution is -2.37. The molecule has 4 rings (SSSR count). The van der Waals surface area contributed by atoms with Crippen molar-refractivity contribution in [2.75, 3.05) is 13.1 Å². The van der Waals surface area contributed by atoms with Crippen LogP contribution in [0.25, 0.3) is 11.1 Å². The van der Waals surface area contributed by atoms with Crippen LogP contribution in [0.1, 0.15) is 31.7 Å². The first-order valence-electron chi connectivity index (χ1n) is 8.81. The lowest BCUT2D eigenvalue weighted by Gasteiger charge is -2.24. The van der Waals surface area contributed by atoms with E-state index in [0.717, 1.165) is 47.7 Å². The fourth-order valence-corrected chi connectivity index (χ4v) is 4.80. The SMILES string of the molecule is CC(C)Oc1cc(-c2c(Cl)cc(Cl)cc2Cl)cc2c1O[C@@H]1CCNC[C@@H]21. The quantitative estimate of drug-likeness (QED) is 0.677. The van der Waals surface area contributed by atoms with E-state index in [4.69, 9.17) is 44.3 Å². The van der Waals surface area contributed by atoms with Crippen LogP contribution in [-0.2, 0) is 0 Å². The zero-order valence-electron chi connectivity index (χ0n) is 14.6. The van der Waals surface area contributed by atoms with Crippen molar-refractivity contribution >= 4 is 34.8 Å². The second kappa shape index (κ2) is 7.12. The molecule has 2 aliphatic heterocycles. The van der Waals surface area contributed by atoms with Crippen LogP contribution < -0.4 is 14.8 Å². The van der Waals surface area contributed by atoms with Crippen LogP contribution in [0.2, 0.25) is 15.1 Å². The molecule has 2 aliphatic rings. The van der Waals surface area contributed by atoms with Crippen LogP contribution in [0.5, 0.6) is 11.5 Å². The number of halogens is 3. The summed E-state index contributed by atoms with van der Waals surface area (Å²) < 4.78 is 12.3. The van der Waals surface area contributed by atoms with E-state index >= 15 is 0 Å². The lowest BCUT2D eigenvalue weighted by molar-refractivity contribution is 0.160. The van der Waals surface area contributed by atoms with Gasteiger partial charge in [0.05, 0.1) is 16.1 Å². The van der Waals surface area contributed by atoms with Gasteiger partial charge in [-0.05, 0) is 56.6 Å². The first-order chi connectivity index (χ1) is 12.4. The summed E-state index contributed by atoms with van der Waals surface area (Å²) in [5.74, 6) is 1.89. The summed E-state index contributed by atoms with van der Waals surface area (Å²) in [5.41, 5.74) is 2.83. The highest BCUT2D eigenvalue weighted by Crippen LogP contribution is 2.50. The number of hydrogen-bond donors (Lipinski definition) is 1. The van der Waals surface area contributed by atoms with Gasteiger partial charge in [0.2, 0.25) is 0 Å². The maximum atomic E-state index is 6.46. The molecule has 1 N–H and O–H groups in total. The third kappa shape index (κ3) is 3.27. The number of piperidine rings is 1. The molecule has 26 heavy (non-hydrogen) atoms. The smallest absolute Gasteiger partial charge is 0.165 e. The summed E-state index contributed by atoms with van der Waals surface area (Å²) in [6.07, 6.45) is 1.21. The monoisotopic (exact) mass is 411 g/mol. The second-order valence-electron chi connectivity index (χ2n) is 7.06. The Balaban J connectivity index is 1.88. The van der Waals surface area contributed by atoms with Crippen molar-refractivity contribution < 1.29 is 9.47 Å². The molecular formula is C20H20Cl3NO2. The van der Waals surface area contributed by atoms with E-state index in [9.17, 15) is 0 Å². The van der Waals surface area contributed by atoms with Gasteiger partial charge in [0, 0.05) is 28.6 Å². The van der Waals surface area contributed by atoms with Gasteiger partial charge in [-0.1, -0.05) is 34.8 Å². The summed E-state index contributed by atoms with van der Waals surface area (Å²) >= 11 is 19.0. The molecule has 1 saturated heterocycles. The van der Waals surface area contributed by atoms with Gasteiger partial charge in [-0.2, -0.15) is 0 Å². The van der Waals surface area contributed by atoms with Crippen LogP contribution in [0, 0.1) is 0 Å². The highest BCUT2D eigenvalue weighted by molar-refractivity contribution is 6.41. The fourth-order valence-electron chi connectivity index (χ4n) is 3.77. The van der Waals surface area contributed by atoms with Gasteiger partial charge in [-0.3, -0.25) is 0 Å². The average molecular weight is 413 g/mol. The molecule has 0 unspecified atom stereocenters. The van der Waals surface area contributed by atoms with E-state index in [2.05, 4.69) is 11.4 Å². The van der Waals surface area contributed by atoms with Crippen LogP contribution in [-0.4, -0.2) is 25.3 Å². The zero-order chi connectivity index (χ0) is 18.4. The molecule has 6 heteroatoms. The first-order valence-corrected chi connectivity index (χ1v) is 9.94. The van der Waals surface area contributed by atoms with E-state index in [-0.39, 0.29) is 12.2 Å². The fraction of sp³-hybridized carbons (Fsp3) is 0.400. The number of fused-ring (bicyclic) bond motifs is 3. The zero-order valence-corrected chi connectivity index (χ0v) is 16.9. The van der Waals surface area contributed by atoms with E-state index < -0.39 is 0 Å². The van der Waals surface area contributed by atoms with Crippen molar-refractivity contribution in [3.8, 4) is 22.6 Å². The molecule has 0 amide bonds. The summed E-state index contributed by atoms with van der Waals surface area (Å²) in [6, 6.07) is 7.51. The van der Waals surface area contributed by atoms with E-state index in [1.807, 2.05) is 19.9 Å². The normalized spacial score (nSPS) is 21.3. The van der Waals surface area contributed by atoms with Crippen molar-refractivity contribution in [2.24, 2.45) is 0 Å². The topological polar surface area (TPSA) is 30.5 Å². The summed E-state index contributed by atoms with van der Waals surface area (Å²) in [6.45, 7) is 5.87. The molecular weight excluding hydrogens is 393 g/mol. The van der Waals surface area contributed by atoms with Gasteiger partial charge < -0.3 is 14.8 Å². The molecule has 0 radical (unpaired) electrons. The van der Waals surface area contributed by atoms with Gasteiger partial charge >= 0.3 is 0 Å². The average Bonchev–Trinajstić information content (AvgIpc) is 2.93. The third-order valence-corrected chi connectivity index (χ3v) is 5.64. The number of hydrogen-bond acceptors (Lipinski definition) is 3. The lowest BCUT2D eigenvalue weighted by atomic mass is 9.89. The molecule has 1 fully saturated rings. The minimum Gasteiger partial charge on any atom is -0.487 e. The van der Waals surface area contributed by atoms with Crippen molar-refractivity contribution in [3.05, 3.63) is 44.9 Å². The van der Waals surface area contributed by atoms with Crippen molar-refractivity contribution in [1.29, 1.82) is 0 Å². The van der Waals surface area contributed by atoms with Gasteiger partial charge in [-0.25, -0.2) is 0 Å². The van der Waals surface area contributed by atoms with Gasteiger partial charge in [-0.15, -0.1) is 0 Å². The van der Waals surface area contributed by atoms with E-state index in [0.29, 0.717) is 21.0 Å². The number of benzene rings is 2. The standard InChI is InChI=1S/C20H20Cl3NO2/c1-10(2)25-18-6-11(19-15(22)7-12(21)8-16(19)23)5-13-14-9-24-4-3-17(14)26-20(13)18/h5-8,10,14,17,24H,3-4,9H2,1-2H3/t14-,17+/m0/s1. The molecule has 2 aromatic carbocycles. The van der Waals surface area contributed by atoms with Gasteiger partial charge in [0.25, 0.3) is 0 Å². The Morgan fingerprint density at radius 1 is 1.12 bits per heavy atom. The highest BCUT2D eigenvalue weighted by atomic mass is 35.5. The van der Waals surface area contributed by atoms with Crippen LogP contribution >= 0.6 is 34.8 Å². The molecule has 0 aromatic heterocycles. The van der Waals surface area contributed by atoms with Crippen LogP contribution in [0.4, 0.5) is 0 Å². The minimum absolute atomic E-state index is 0.0369. The molecule has 138 valence electrons. The Kier molecular flexibility index (Phi) is 5.00. The molecule has 0 bridgehead atoms. The molecule has 2 aromatic rings. The van der Waals surface area contributed by atoms with E-state index in [1.165, 1.54) is 0 Å². The predicted octanol–water partition coefficient (Wildman–Crippen LogP) is 5.94. The molecule has 0 aliphatic carbocycles. The third-order valence-electron chi connectivity index (χ3n) is 4.83. The Morgan fingerprint density at radius 2 is 1.85 bits per heavy atom. The first kappa shape index (κ1) is 18.2. The summed E-state index contributed by atoms with van der Waals surface area (Å²) in [5, 5.41) is 5.02. The maximum Gasteiger partial charge on any atom is 0.165 e. The van der Waals surface area contributed by atoms with Gasteiger partial charge in [0.1, 0.15) is 6.10 Å². The largest absolute Gasteiger partial charge is 0.487 e. The van der Waals surface area contributed by atoms with Gasteiger partial charge in [0.15, 0.2) is 11.5 Å². The maximum absolute atomic E-state index is 6.46. The summed E-state index contributed by atoms with van der Waals surface area (Å²) in [4.78, 5) is 0. The van der Waals surface area contributed by atoms with Crippen LogP contribution in [0.15, 0.2) is 24.3 Å². The molecule has 2 atom stereocenters. The van der Waals surface area contributed by atoms with E-state index in [1.54, 1.807) is 12.1 Å². The Morgan fingerprint density at radius 3 is 2.54 bits per heavy atom. The molecule has 3 nitrogen and oxygen atoms in total. The minimum atomic E-state index is 0.0369. The Labute approximate surface area is 168 Å². The number of nitrogens with one attached hydrogen (secondary N) is 1. The van der Waals surface area contributed by atoms with Crippen molar-refractivity contribution in [2.45, 2.75) is 38.4 Å². The van der Waals surface area contributed by atoms with Crippen molar-refractivity contribution in [1.82, 2.24) is 5.32 Å². The number of rotatable bonds is 3. The van der Waals surface area contributed by atoms with Crippen LogP contribution in [0.3, 0.4) is 0 Å². The summed E-state index contributed by atoms with van der Waals surface area (Å²) in [7, 11) is 0. The molecule has 0 spiro atoms. The molecule has 2 heterocycles. The second-order valence-corrected chi connectivity index (χ2v) is 8.31. The van der Waals surface area contributed by atoms with Crippen molar-refractivity contribution in [3.63, 3.8) is 0 Å². The molecule has 0 saturated carbocycles. The number of ether oxygens (including phenoxy) is 2. The highest BCUT2D eigenvalue weighted by Gasteiger charge is 2.38. The Hall–Kier alpha value is -1.13. The Bertz CT molecular complexity index is 830.